The molecule has 2 radical (unpaired) electrons. The van der Waals surface area contributed by atoms with E-state index in [-0.39, 0.29) is 0 Å². The van der Waals surface area contributed by atoms with Crippen LogP contribution in [0.4, 0.5) is 0 Å². The molecule has 0 spiro atoms. The van der Waals surface area contributed by atoms with Crippen LogP contribution in [0, 0.1) is 39.8 Å². The molecule has 0 saturated carbocycles. The number of rotatable bonds is 0. The minimum atomic E-state index is 1.21. The summed E-state index contributed by atoms with van der Waals surface area (Å²) in [4.78, 5) is 0. The van der Waals surface area contributed by atoms with Gasteiger partial charge in [0.05, 0.1) is 0 Å². The second kappa shape index (κ2) is 2.45. The van der Waals surface area contributed by atoms with Gasteiger partial charge in [-0.3, -0.25) is 0 Å². The Kier molecular flexibility index (Phi) is 1.80. The van der Waals surface area contributed by atoms with Crippen LogP contribution in [-0.4, -0.2) is 0 Å². The van der Waals surface area contributed by atoms with Crippen molar-refractivity contribution in [3.05, 3.63) is 34.4 Å². The predicted octanol–water partition coefficient (Wildman–Crippen LogP) is 2.52. The summed E-state index contributed by atoms with van der Waals surface area (Å²) in [6.07, 6.45) is 0. The van der Waals surface area contributed by atoms with Gasteiger partial charge in [0.1, 0.15) is 0 Å². The first-order valence-corrected chi connectivity index (χ1v) is 3.50. The maximum absolute atomic E-state index is 3.08. The van der Waals surface area contributed by atoms with E-state index in [9.17, 15) is 0 Å². The van der Waals surface area contributed by atoms with Gasteiger partial charge in [0.2, 0.25) is 0 Å². The molecule has 0 atom stereocenters. The fraction of sp³-hybridized carbons (Fsp3) is 0.400. The molecule has 0 aliphatic carbocycles. The van der Waals surface area contributed by atoms with Gasteiger partial charge in [0.15, 0.2) is 0 Å². The lowest BCUT2D eigenvalue weighted by Crippen LogP contribution is -1.89. The first kappa shape index (κ1) is 7.33. The van der Waals surface area contributed by atoms with Crippen LogP contribution in [-0.2, 0) is 0 Å². The van der Waals surface area contributed by atoms with Crippen molar-refractivity contribution in [3.63, 3.8) is 0 Å². The van der Waals surface area contributed by atoms with E-state index < -0.39 is 0 Å². The first-order chi connectivity index (χ1) is 4.63. The van der Waals surface area contributed by atoms with Gasteiger partial charge in [-0.1, -0.05) is 0 Å². The Morgan fingerprint density at radius 3 is 1.30 bits per heavy atom. The van der Waals surface area contributed by atoms with Crippen LogP contribution < -0.4 is 0 Å². The smallest absolute Gasteiger partial charge is 0.00612 e. The third-order valence-corrected chi connectivity index (χ3v) is 2.12. The summed E-state index contributed by atoms with van der Waals surface area (Å²) >= 11 is 0. The molecule has 0 unspecified atom stereocenters. The van der Waals surface area contributed by atoms with Crippen LogP contribution in [0.25, 0.3) is 0 Å². The number of aryl methyl sites for hydroxylation is 2. The first-order valence-electron chi connectivity index (χ1n) is 3.50. The zero-order valence-corrected chi connectivity index (χ0v) is 7.00. The largest absolute Gasteiger partial charge is 0.0443 e. The van der Waals surface area contributed by atoms with Gasteiger partial charge in [-0.25, -0.2) is 0 Å². The molecular weight excluding hydrogens is 120 g/mol. The summed E-state index contributed by atoms with van der Waals surface area (Å²) in [7, 11) is 0. The number of hydrogen-bond donors (Lipinski definition) is 0. The van der Waals surface area contributed by atoms with Crippen LogP contribution in [0.3, 0.4) is 0 Å². The lowest BCUT2D eigenvalue weighted by Gasteiger charge is -2.05. The fourth-order valence-corrected chi connectivity index (χ4v) is 0.938. The van der Waals surface area contributed by atoms with E-state index >= 15 is 0 Å². The van der Waals surface area contributed by atoms with Crippen LogP contribution in [0.1, 0.15) is 22.3 Å². The molecule has 0 fully saturated rings. The van der Waals surface area contributed by atoms with Gasteiger partial charge in [-0.05, 0) is 62.1 Å². The van der Waals surface area contributed by atoms with Crippen molar-refractivity contribution in [1.82, 2.24) is 0 Å². The Balaban J connectivity index is 3.34. The van der Waals surface area contributed by atoms with E-state index in [1.54, 1.807) is 0 Å². The average molecular weight is 132 g/mol. The molecule has 0 aliphatic heterocycles. The molecule has 0 amide bonds. The van der Waals surface area contributed by atoms with E-state index in [4.69, 9.17) is 0 Å². The third kappa shape index (κ3) is 1.06. The van der Waals surface area contributed by atoms with Crippen molar-refractivity contribution >= 4 is 0 Å². The highest BCUT2D eigenvalue weighted by Gasteiger charge is 1.98. The van der Waals surface area contributed by atoms with Crippen molar-refractivity contribution in [2.24, 2.45) is 0 Å². The second-order valence-corrected chi connectivity index (χ2v) is 2.75. The van der Waals surface area contributed by atoms with Gasteiger partial charge in [-0.15, -0.1) is 0 Å². The van der Waals surface area contributed by atoms with E-state index in [1.165, 1.54) is 22.3 Å². The highest BCUT2D eigenvalue weighted by Crippen LogP contribution is 2.14. The molecule has 0 N–H and O–H groups in total. The van der Waals surface area contributed by atoms with Crippen LogP contribution >= 0.6 is 0 Å². The molecule has 1 aromatic rings. The number of hydrogen-bond acceptors (Lipinski definition) is 0. The highest BCUT2D eigenvalue weighted by atomic mass is 14.0. The maximum Gasteiger partial charge on any atom is -0.00612 e. The van der Waals surface area contributed by atoms with Gasteiger partial charge in [0, 0.05) is 0 Å². The molecule has 0 saturated heterocycles. The second-order valence-electron chi connectivity index (χ2n) is 2.75. The van der Waals surface area contributed by atoms with Gasteiger partial charge >= 0.3 is 0 Å². The van der Waals surface area contributed by atoms with E-state index in [1.807, 2.05) is 0 Å². The van der Waals surface area contributed by atoms with Crippen molar-refractivity contribution in [3.8, 4) is 0 Å². The SMILES string of the molecule is Cc1[c][c]c(C)c(C)c1C. The normalized spacial score (nSPS) is 10.0. The van der Waals surface area contributed by atoms with E-state index in [0.29, 0.717) is 0 Å². The zero-order chi connectivity index (χ0) is 7.72. The summed E-state index contributed by atoms with van der Waals surface area (Å²) in [5, 5.41) is 0. The molecule has 0 heteroatoms. The van der Waals surface area contributed by atoms with Crippen molar-refractivity contribution in [2.75, 3.05) is 0 Å². The topological polar surface area (TPSA) is 0 Å². The van der Waals surface area contributed by atoms with Crippen LogP contribution in [0.15, 0.2) is 0 Å². The summed E-state index contributed by atoms with van der Waals surface area (Å²) in [6, 6.07) is 6.17. The fourth-order valence-electron chi connectivity index (χ4n) is 0.938. The predicted molar refractivity (Wildman–Crippen MR) is 43.1 cm³/mol. The Morgan fingerprint density at radius 1 is 0.700 bits per heavy atom. The Hall–Kier alpha value is -0.780. The molecule has 10 heavy (non-hydrogen) atoms. The summed E-state index contributed by atoms with van der Waals surface area (Å²) in [6.45, 7) is 8.39. The summed E-state index contributed by atoms with van der Waals surface area (Å²) in [5.41, 5.74) is 5.11. The monoisotopic (exact) mass is 132 g/mol. The van der Waals surface area contributed by atoms with Gasteiger partial charge in [0.25, 0.3) is 0 Å². The van der Waals surface area contributed by atoms with Crippen molar-refractivity contribution < 1.29 is 0 Å². The molecule has 0 heterocycles. The summed E-state index contributed by atoms with van der Waals surface area (Å²) in [5.74, 6) is 0. The molecule has 1 rings (SSSR count). The Labute approximate surface area is 62.9 Å². The van der Waals surface area contributed by atoms with Gasteiger partial charge < -0.3 is 0 Å². The minimum absolute atomic E-state index is 1.21. The summed E-state index contributed by atoms with van der Waals surface area (Å²) < 4.78 is 0. The molecule has 0 nitrogen and oxygen atoms in total. The maximum atomic E-state index is 3.08. The Bertz CT molecular complexity index is 219. The lowest BCUT2D eigenvalue weighted by molar-refractivity contribution is 1.21. The lowest BCUT2D eigenvalue weighted by atomic mass is 10.0. The average Bonchev–Trinajstić information content (AvgIpc) is 1.93. The standard InChI is InChI=1S/C10H12/c1-7-5-6-8(2)10(4)9(7)3/h1-4H3. The highest BCUT2D eigenvalue weighted by molar-refractivity contribution is 5.36. The zero-order valence-electron chi connectivity index (χ0n) is 7.00. The van der Waals surface area contributed by atoms with Crippen molar-refractivity contribution in [1.29, 1.82) is 0 Å². The molecule has 0 bridgehead atoms. The third-order valence-electron chi connectivity index (χ3n) is 2.12. The van der Waals surface area contributed by atoms with Crippen molar-refractivity contribution in [2.45, 2.75) is 27.7 Å². The molecule has 1 aromatic carbocycles. The van der Waals surface area contributed by atoms with Crippen LogP contribution in [0.5, 0.6) is 0 Å². The minimum Gasteiger partial charge on any atom is -0.0443 e. The van der Waals surface area contributed by atoms with Gasteiger partial charge in [-0.2, -0.15) is 0 Å². The Morgan fingerprint density at radius 2 is 1.00 bits per heavy atom. The van der Waals surface area contributed by atoms with E-state index in [2.05, 4.69) is 39.8 Å². The number of benzene rings is 1. The molecule has 0 aliphatic rings. The van der Waals surface area contributed by atoms with Crippen LogP contribution in [0.2, 0.25) is 0 Å². The van der Waals surface area contributed by atoms with E-state index in [0.717, 1.165) is 0 Å². The quantitative estimate of drug-likeness (QED) is 0.509. The molecule has 52 valence electrons. The molecule has 0 aromatic heterocycles. The molecular formula is C10H12.